The number of aromatic nitrogens is 1. The van der Waals surface area contributed by atoms with Gasteiger partial charge in [0.2, 0.25) is 0 Å². The van der Waals surface area contributed by atoms with Crippen molar-refractivity contribution in [1.82, 2.24) is 4.98 Å². The fourth-order valence-corrected chi connectivity index (χ4v) is 2.02. The predicted octanol–water partition coefficient (Wildman–Crippen LogP) is 1.08. The Labute approximate surface area is 86.9 Å². The van der Waals surface area contributed by atoms with Crippen molar-refractivity contribution in [1.29, 1.82) is 0 Å². The summed E-state index contributed by atoms with van der Waals surface area (Å²) in [7, 11) is 0. The van der Waals surface area contributed by atoms with Crippen LogP contribution >= 0.6 is 11.3 Å². The summed E-state index contributed by atoms with van der Waals surface area (Å²) in [6.07, 6.45) is 0. The molecule has 0 radical (unpaired) electrons. The normalized spacial score (nSPS) is 11.7. The molecule has 0 bridgehead atoms. The summed E-state index contributed by atoms with van der Waals surface area (Å²) >= 11 is 1.49. The van der Waals surface area contributed by atoms with E-state index >= 15 is 0 Å². The second kappa shape index (κ2) is 4.80. The van der Waals surface area contributed by atoms with E-state index in [4.69, 9.17) is 10.9 Å². The lowest BCUT2D eigenvalue weighted by Gasteiger charge is -2.16. The minimum atomic E-state index is 0.0552. The molecule has 0 spiro atoms. The van der Waals surface area contributed by atoms with E-state index < -0.39 is 0 Å². The van der Waals surface area contributed by atoms with E-state index in [9.17, 15) is 0 Å². The third kappa shape index (κ3) is 2.14. The number of nitrogens with two attached hydrogens (primary N) is 1. The topological polar surface area (TPSA) is 74.7 Å². The van der Waals surface area contributed by atoms with Crippen molar-refractivity contribution >= 4 is 22.3 Å². The van der Waals surface area contributed by atoms with Gasteiger partial charge in [-0.1, -0.05) is 5.16 Å². The second-order valence-electron chi connectivity index (χ2n) is 2.67. The number of hydrogen-bond donors (Lipinski definition) is 2. The average molecular weight is 214 g/mol. The molecule has 0 saturated heterocycles. The molecule has 5 nitrogen and oxygen atoms in total. The van der Waals surface area contributed by atoms with Crippen LogP contribution in [0, 0.1) is 0 Å². The molecule has 1 aromatic rings. The molecule has 0 saturated carbocycles. The first-order chi connectivity index (χ1) is 6.72. The number of hydrogen-bond acceptors (Lipinski definition) is 5. The van der Waals surface area contributed by atoms with Crippen molar-refractivity contribution in [2.24, 2.45) is 10.9 Å². The molecule has 1 heterocycles. The quantitative estimate of drug-likeness (QED) is 0.340. The summed E-state index contributed by atoms with van der Waals surface area (Å²) in [6, 6.07) is 0. The first kappa shape index (κ1) is 10.8. The first-order valence-electron chi connectivity index (χ1n) is 4.41. The van der Waals surface area contributed by atoms with Crippen LogP contribution in [-0.2, 0) is 0 Å². The Morgan fingerprint density at radius 1 is 1.64 bits per heavy atom. The number of thiazole rings is 1. The Hall–Kier alpha value is -1.30. The van der Waals surface area contributed by atoms with E-state index in [1.165, 1.54) is 11.3 Å². The molecular weight excluding hydrogens is 200 g/mol. The highest BCUT2D eigenvalue weighted by atomic mass is 32.1. The summed E-state index contributed by atoms with van der Waals surface area (Å²) in [6.45, 7) is 5.93. The van der Waals surface area contributed by atoms with E-state index in [1.807, 2.05) is 0 Å². The van der Waals surface area contributed by atoms with Crippen molar-refractivity contribution in [2.75, 3.05) is 18.0 Å². The maximum absolute atomic E-state index is 8.46. The van der Waals surface area contributed by atoms with Gasteiger partial charge in [0.05, 0.1) is 0 Å². The Morgan fingerprint density at radius 3 is 2.79 bits per heavy atom. The third-order valence-corrected chi connectivity index (χ3v) is 2.80. The van der Waals surface area contributed by atoms with Gasteiger partial charge in [0, 0.05) is 18.5 Å². The minimum absolute atomic E-state index is 0.0552. The van der Waals surface area contributed by atoms with Gasteiger partial charge in [-0.05, 0) is 13.8 Å². The zero-order chi connectivity index (χ0) is 10.6. The number of oxime groups is 1. The van der Waals surface area contributed by atoms with Gasteiger partial charge < -0.3 is 15.8 Å². The van der Waals surface area contributed by atoms with E-state index in [1.54, 1.807) is 5.38 Å². The highest BCUT2D eigenvalue weighted by Gasteiger charge is 2.09. The molecule has 0 fully saturated rings. The summed E-state index contributed by atoms with van der Waals surface area (Å²) in [5.74, 6) is 0.0552. The van der Waals surface area contributed by atoms with E-state index in [0.29, 0.717) is 5.69 Å². The van der Waals surface area contributed by atoms with Gasteiger partial charge in [-0.25, -0.2) is 4.98 Å². The van der Waals surface area contributed by atoms with Crippen molar-refractivity contribution in [2.45, 2.75) is 13.8 Å². The van der Waals surface area contributed by atoms with E-state index in [2.05, 4.69) is 28.9 Å². The van der Waals surface area contributed by atoms with Crippen molar-refractivity contribution < 1.29 is 5.21 Å². The Bertz CT molecular complexity index is 319. The maximum Gasteiger partial charge on any atom is 0.189 e. The number of amidine groups is 1. The Kier molecular flexibility index (Phi) is 3.70. The summed E-state index contributed by atoms with van der Waals surface area (Å²) in [5.41, 5.74) is 5.94. The molecule has 0 atom stereocenters. The van der Waals surface area contributed by atoms with Crippen LogP contribution in [0.15, 0.2) is 10.5 Å². The molecule has 0 aliphatic carbocycles. The fraction of sp³-hybridized carbons (Fsp3) is 0.500. The molecule has 6 heteroatoms. The molecule has 1 aromatic heterocycles. The van der Waals surface area contributed by atoms with Crippen molar-refractivity contribution in [3.8, 4) is 0 Å². The second-order valence-corrected chi connectivity index (χ2v) is 3.51. The molecule has 0 aliphatic rings. The van der Waals surface area contributed by atoms with Crippen LogP contribution in [0.3, 0.4) is 0 Å². The zero-order valence-electron chi connectivity index (χ0n) is 8.27. The molecule has 3 N–H and O–H groups in total. The number of rotatable bonds is 4. The summed E-state index contributed by atoms with van der Waals surface area (Å²) in [4.78, 5) is 6.36. The van der Waals surface area contributed by atoms with Crippen molar-refractivity contribution in [3.63, 3.8) is 0 Å². The number of anilines is 1. The molecule has 14 heavy (non-hydrogen) atoms. The van der Waals surface area contributed by atoms with E-state index in [-0.39, 0.29) is 5.84 Å². The molecule has 0 aromatic carbocycles. The fourth-order valence-electron chi connectivity index (χ4n) is 1.07. The Balaban J connectivity index is 2.87. The largest absolute Gasteiger partial charge is 0.409 e. The van der Waals surface area contributed by atoms with Crippen LogP contribution in [-0.4, -0.2) is 29.1 Å². The highest BCUT2D eigenvalue weighted by molar-refractivity contribution is 7.13. The van der Waals surface area contributed by atoms with E-state index in [0.717, 1.165) is 18.2 Å². The van der Waals surface area contributed by atoms with Gasteiger partial charge in [0.1, 0.15) is 5.69 Å². The van der Waals surface area contributed by atoms with Gasteiger partial charge in [-0.2, -0.15) is 0 Å². The van der Waals surface area contributed by atoms with Crippen LogP contribution in [0.2, 0.25) is 0 Å². The van der Waals surface area contributed by atoms with Crippen LogP contribution in [0.25, 0.3) is 0 Å². The minimum Gasteiger partial charge on any atom is -0.409 e. The van der Waals surface area contributed by atoms with Gasteiger partial charge in [0.15, 0.2) is 11.0 Å². The van der Waals surface area contributed by atoms with Crippen LogP contribution in [0.5, 0.6) is 0 Å². The summed E-state index contributed by atoms with van der Waals surface area (Å²) < 4.78 is 0. The summed E-state index contributed by atoms with van der Waals surface area (Å²) in [5, 5.41) is 14.0. The number of nitrogens with zero attached hydrogens (tertiary/aromatic N) is 3. The van der Waals surface area contributed by atoms with Gasteiger partial charge in [-0.15, -0.1) is 11.3 Å². The average Bonchev–Trinajstić information content (AvgIpc) is 2.68. The smallest absolute Gasteiger partial charge is 0.189 e. The lowest BCUT2D eigenvalue weighted by molar-refractivity contribution is 0.318. The Morgan fingerprint density at radius 2 is 2.29 bits per heavy atom. The third-order valence-electron chi connectivity index (χ3n) is 1.90. The maximum atomic E-state index is 8.46. The molecular formula is C8H14N4OS. The van der Waals surface area contributed by atoms with Crippen LogP contribution < -0.4 is 10.6 Å². The lowest BCUT2D eigenvalue weighted by Crippen LogP contribution is -2.22. The molecule has 0 aliphatic heterocycles. The lowest BCUT2D eigenvalue weighted by atomic mass is 10.5. The molecule has 0 unspecified atom stereocenters. The predicted molar refractivity (Wildman–Crippen MR) is 58.2 cm³/mol. The molecule has 1 rings (SSSR count). The molecule has 78 valence electrons. The highest BCUT2D eigenvalue weighted by Crippen LogP contribution is 2.19. The zero-order valence-corrected chi connectivity index (χ0v) is 9.08. The van der Waals surface area contributed by atoms with Gasteiger partial charge >= 0.3 is 0 Å². The first-order valence-corrected chi connectivity index (χ1v) is 5.29. The van der Waals surface area contributed by atoms with Gasteiger partial charge in [-0.3, -0.25) is 0 Å². The van der Waals surface area contributed by atoms with Crippen LogP contribution in [0.1, 0.15) is 19.5 Å². The van der Waals surface area contributed by atoms with Gasteiger partial charge in [0.25, 0.3) is 0 Å². The molecule has 0 amide bonds. The SMILES string of the molecule is CCN(CC)c1nc(/C(N)=N\O)cs1. The van der Waals surface area contributed by atoms with Crippen LogP contribution in [0.4, 0.5) is 5.13 Å². The monoisotopic (exact) mass is 214 g/mol. The standard InChI is InChI=1S/C8H14N4OS/c1-3-12(4-2)8-10-6(5-14-8)7(9)11-13/h5,13H,3-4H2,1-2H3,(H2,9,11). The van der Waals surface area contributed by atoms with Crippen molar-refractivity contribution in [3.05, 3.63) is 11.1 Å².